The van der Waals surface area contributed by atoms with Gasteiger partial charge in [-0.1, -0.05) is 0 Å². The second-order valence-corrected chi connectivity index (χ2v) is 2.80. The molecule has 0 radical (unpaired) electrons. The van der Waals surface area contributed by atoms with E-state index in [1.807, 2.05) is 0 Å². The summed E-state index contributed by atoms with van der Waals surface area (Å²) in [6, 6.07) is 1.31. The molecule has 1 rings (SSSR count). The summed E-state index contributed by atoms with van der Waals surface area (Å²) in [5.74, 6) is -2.53. The van der Waals surface area contributed by atoms with E-state index in [0.717, 1.165) is 0 Å². The Labute approximate surface area is 94.1 Å². The number of hydrogen-bond acceptors (Lipinski definition) is 5. The SMILES string of the molecule is Cc1c[nH+]c(C(=O)O)c(C(=O)O)c1.O=[N+]([O-])[O-]. The summed E-state index contributed by atoms with van der Waals surface area (Å²) < 4.78 is 0. The number of aromatic carboxylic acids is 2. The fraction of sp³-hybridized carbons (Fsp3) is 0.125. The van der Waals surface area contributed by atoms with Gasteiger partial charge in [-0.05, 0) is 13.0 Å². The molecule has 0 aliphatic heterocycles. The molecule has 0 amide bonds. The molecule has 1 aromatic rings. The summed E-state index contributed by atoms with van der Waals surface area (Å²) in [6.07, 6.45) is 1.44. The number of aromatic amines is 1. The van der Waals surface area contributed by atoms with Crippen LogP contribution >= 0.6 is 0 Å². The lowest BCUT2D eigenvalue weighted by Gasteiger charge is -1.95. The van der Waals surface area contributed by atoms with E-state index in [9.17, 15) is 9.59 Å². The van der Waals surface area contributed by atoms with Gasteiger partial charge in [-0.25, -0.2) is 14.6 Å². The van der Waals surface area contributed by atoms with E-state index in [4.69, 9.17) is 25.5 Å². The summed E-state index contributed by atoms with van der Waals surface area (Å²) in [4.78, 5) is 31.8. The van der Waals surface area contributed by atoms with Gasteiger partial charge in [0.15, 0.2) is 6.20 Å². The first kappa shape index (κ1) is 14.3. The molecule has 0 atom stereocenters. The Morgan fingerprint density at radius 3 is 2.12 bits per heavy atom. The first-order valence-corrected chi connectivity index (χ1v) is 4.06. The van der Waals surface area contributed by atoms with Crippen molar-refractivity contribution in [2.24, 2.45) is 0 Å². The lowest BCUT2D eigenvalue weighted by Crippen LogP contribution is -2.22. The molecule has 1 aromatic heterocycles. The Hall–Kier alpha value is -2.71. The average Bonchev–Trinajstić information content (AvgIpc) is 2.15. The average molecular weight is 244 g/mol. The van der Waals surface area contributed by atoms with Crippen LogP contribution in [0.15, 0.2) is 12.3 Å². The first-order chi connectivity index (χ1) is 7.75. The molecule has 0 saturated carbocycles. The normalized spacial score (nSPS) is 8.76. The second kappa shape index (κ2) is 6.00. The van der Waals surface area contributed by atoms with Gasteiger partial charge in [0.05, 0.1) is 5.09 Å². The highest BCUT2D eigenvalue weighted by atomic mass is 16.9. The number of H-pyrrole nitrogens is 1. The van der Waals surface area contributed by atoms with Crippen LogP contribution in [0.2, 0.25) is 0 Å². The number of nitrogens with one attached hydrogen (secondary N) is 1. The molecule has 0 aromatic carbocycles. The van der Waals surface area contributed by atoms with Gasteiger partial charge in [0.25, 0.3) is 0 Å². The topological polar surface area (TPSA) is 155 Å². The summed E-state index contributed by atoms with van der Waals surface area (Å²) >= 11 is 0. The van der Waals surface area contributed by atoms with Gasteiger partial charge < -0.3 is 25.5 Å². The molecular formula is C8H8N2O7. The molecule has 0 unspecified atom stereocenters. The van der Waals surface area contributed by atoms with Crippen molar-refractivity contribution in [3.05, 3.63) is 44.4 Å². The van der Waals surface area contributed by atoms with Crippen LogP contribution in [-0.2, 0) is 0 Å². The molecule has 1 heterocycles. The van der Waals surface area contributed by atoms with Crippen molar-refractivity contribution in [1.82, 2.24) is 0 Å². The highest BCUT2D eigenvalue weighted by Gasteiger charge is 2.22. The van der Waals surface area contributed by atoms with Gasteiger partial charge in [-0.2, -0.15) is 0 Å². The van der Waals surface area contributed by atoms with Gasteiger partial charge in [0.2, 0.25) is 0 Å². The Kier molecular flexibility index (Phi) is 5.04. The number of aryl methyl sites for hydroxylation is 1. The molecule has 0 aliphatic carbocycles. The molecule has 0 spiro atoms. The molecule has 0 aliphatic rings. The van der Waals surface area contributed by atoms with Gasteiger partial charge in [-0.3, -0.25) is 0 Å². The van der Waals surface area contributed by atoms with Crippen LogP contribution in [0, 0.1) is 22.2 Å². The number of aromatic nitrogens is 1. The van der Waals surface area contributed by atoms with E-state index in [1.165, 1.54) is 12.3 Å². The third-order valence-corrected chi connectivity index (χ3v) is 1.53. The standard InChI is InChI=1S/C8H7NO4.NO3/c1-4-2-5(7(10)11)6(8(12)13)9-3-4;2-1(3)4/h2-3H,1H3,(H,10,11)(H,12,13);/q;-1/p+1. The summed E-state index contributed by atoms with van der Waals surface area (Å²) in [5, 5.41) is 32.0. The van der Waals surface area contributed by atoms with Crippen molar-refractivity contribution in [2.45, 2.75) is 6.92 Å². The molecule has 0 saturated heterocycles. The van der Waals surface area contributed by atoms with E-state index in [0.29, 0.717) is 5.56 Å². The molecule has 92 valence electrons. The van der Waals surface area contributed by atoms with Crippen molar-refractivity contribution in [3.8, 4) is 0 Å². The lowest BCUT2D eigenvalue weighted by atomic mass is 10.1. The van der Waals surface area contributed by atoms with Crippen molar-refractivity contribution in [2.75, 3.05) is 0 Å². The van der Waals surface area contributed by atoms with Crippen LogP contribution in [0.5, 0.6) is 0 Å². The molecular weight excluding hydrogens is 236 g/mol. The smallest absolute Gasteiger partial charge is 0.402 e. The fourth-order valence-corrected chi connectivity index (χ4v) is 0.951. The van der Waals surface area contributed by atoms with Gasteiger partial charge >= 0.3 is 17.6 Å². The maximum absolute atomic E-state index is 10.6. The van der Waals surface area contributed by atoms with Crippen LogP contribution < -0.4 is 4.98 Å². The predicted molar refractivity (Wildman–Crippen MR) is 52.0 cm³/mol. The van der Waals surface area contributed by atoms with Crippen molar-refractivity contribution in [3.63, 3.8) is 0 Å². The highest BCUT2D eigenvalue weighted by Crippen LogP contribution is 2.05. The number of carbonyl (C=O) groups is 2. The predicted octanol–water partition coefficient (Wildman–Crippen LogP) is -0.0336. The third kappa shape index (κ3) is 5.06. The molecule has 17 heavy (non-hydrogen) atoms. The minimum Gasteiger partial charge on any atom is -0.477 e. The van der Waals surface area contributed by atoms with Crippen LogP contribution in [-0.4, -0.2) is 27.2 Å². The Morgan fingerprint density at radius 1 is 1.29 bits per heavy atom. The Balaban J connectivity index is 0.000000557. The molecule has 9 nitrogen and oxygen atoms in total. The molecule has 3 N–H and O–H groups in total. The Bertz CT molecular complexity index is 453. The van der Waals surface area contributed by atoms with Crippen molar-refractivity contribution >= 4 is 11.9 Å². The number of hydrogen-bond donors (Lipinski definition) is 2. The summed E-state index contributed by atoms with van der Waals surface area (Å²) in [5.41, 5.74) is 0.132. The molecule has 0 bridgehead atoms. The summed E-state index contributed by atoms with van der Waals surface area (Å²) in [6.45, 7) is 1.68. The Morgan fingerprint density at radius 2 is 1.76 bits per heavy atom. The number of carboxylic acid groups (broad SMARTS) is 2. The molecule has 0 fully saturated rings. The highest BCUT2D eigenvalue weighted by molar-refractivity contribution is 5.99. The van der Waals surface area contributed by atoms with Crippen LogP contribution in [0.3, 0.4) is 0 Å². The van der Waals surface area contributed by atoms with E-state index in [-0.39, 0.29) is 11.3 Å². The first-order valence-electron chi connectivity index (χ1n) is 4.06. The van der Waals surface area contributed by atoms with Crippen molar-refractivity contribution in [1.29, 1.82) is 0 Å². The van der Waals surface area contributed by atoms with E-state index in [2.05, 4.69) is 4.98 Å². The number of pyridine rings is 1. The number of rotatable bonds is 2. The fourth-order valence-electron chi connectivity index (χ4n) is 0.951. The van der Waals surface area contributed by atoms with Crippen LogP contribution in [0.4, 0.5) is 0 Å². The van der Waals surface area contributed by atoms with Crippen LogP contribution in [0.1, 0.15) is 26.4 Å². The van der Waals surface area contributed by atoms with Crippen LogP contribution in [0.25, 0.3) is 0 Å². The van der Waals surface area contributed by atoms with Crippen molar-refractivity contribution < 1.29 is 29.9 Å². The minimum absolute atomic E-state index is 0.229. The van der Waals surface area contributed by atoms with Gasteiger partial charge in [0, 0.05) is 5.56 Å². The minimum atomic E-state index is -1.75. The number of nitrogens with zero attached hydrogens (tertiary/aromatic N) is 1. The monoisotopic (exact) mass is 244 g/mol. The van der Waals surface area contributed by atoms with E-state index in [1.54, 1.807) is 6.92 Å². The zero-order chi connectivity index (χ0) is 13.6. The summed E-state index contributed by atoms with van der Waals surface area (Å²) in [7, 11) is 0. The maximum Gasteiger partial charge on any atom is 0.402 e. The largest absolute Gasteiger partial charge is 0.477 e. The third-order valence-electron chi connectivity index (χ3n) is 1.53. The second-order valence-electron chi connectivity index (χ2n) is 2.80. The number of carboxylic acids is 2. The lowest BCUT2D eigenvalue weighted by molar-refractivity contribution is -0.402. The van der Waals surface area contributed by atoms with Gasteiger partial charge in [0.1, 0.15) is 5.56 Å². The van der Waals surface area contributed by atoms with E-state index < -0.39 is 17.0 Å². The van der Waals surface area contributed by atoms with E-state index >= 15 is 0 Å². The quantitative estimate of drug-likeness (QED) is 0.546. The zero-order valence-corrected chi connectivity index (χ0v) is 8.54. The zero-order valence-electron chi connectivity index (χ0n) is 8.54. The van der Waals surface area contributed by atoms with Gasteiger partial charge in [-0.15, -0.1) is 0 Å². The maximum atomic E-state index is 10.6. The molecule has 9 heteroatoms.